The largest absolute Gasteiger partial charge is 0.368 e. The molecule has 180 valence electrons. The molecule has 10 nitrogen and oxygen atoms in total. The molecule has 4 aromatic rings. The fourth-order valence-electron chi connectivity index (χ4n) is 4.09. The number of nitrogens with one attached hydrogen (secondary N) is 1. The lowest BCUT2D eigenvalue weighted by Crippen LogP contribution is -2.48. The molecular formula is C23H23ClN8O2S. The monoisotopic (exact) mass is 510 g/mol. The molecule has 12 heteroatoms. The fourth-order valence-corrected chi connectivity index (χ4v) is 5.64. The lowest BCUT2D eigenvalue weighted by atomic mass is 10.1. The third kappa shape index (κ3) is 4.58. The average Bonchev–Trinajstić information content (AvgIpc) is 2.88. The second-order valence-corrected chi connectivity index (χ2v) is 10.4. The maximum Gasteiger partial charge on any atom is 0.243 e. The van der Waals surface area contributed by atoms with Crippen molar-refractivity contribution in [2.45, 2.75) is 4.90 Å². The van der Waals surface area contributed by atoms with Gasteiger partial charge in [-0.2, -0.15) is 9.29 Å². The van der Waals surface area contributed by atoms with Gasteiger partial charge in [-0.3, -0.25) is 0 Å². The van der Waals surface area contributed by atoms with Crippen LogP contribution in [0.1, 0.15) is 0 Å². The van der Waals surface area contributed by atoms with E-state index in [2.05, 4.69) is 25.3 Å². The summed E-state index contributed by atoms with van der Waals surface area (Å²) in [5, 5.41) is 1.25. The normalized spacial score (nSPS) is 14.9. The number of rotatable bonds is 5. The molecule has 0 aliphatic carbocycles. The smallest absolute Gasteiger partial charge is 0.243 e. The number of piperazine rings is 1. The molecule has 5 N–H and O–H groups in total. The van der Waals surface area contributed by atoms with Gasteiger partial charge in [0.15, 0.2) is 5.82 Å². The van der Waals surface area contributed by atoms with Crippen LogP contribution in [0, 0.1) is 0 Å². The van der Waals surface area contributed by atoms with Gasteiger partial charge in [0.05, 0.1) is 10.4 Å². The zero-order valence-electron chi connectivity index (χ0n) is 18.6. The van der Waals surface area contributed by atoms with E-state index in [1.807, 2.05) is 30.3 Å². The molecule has 2 aromatic heterocycles. The van der Waals surface area contributed by atoms with Crippen LogP contribution in [-0.2, 0) is 10.0 Å². The minimum Gasteiger partial charge on any atom is -0.368 e. The average molecular weight is 511 g/mol. The van der Waals surface area contributed by atoms with Crippen LogP contribution in [0.2, 0.25) is 5.02 Å². The van der Waals surface area contributed by atoms with Crippen molar-refractivity contribution in [2.75, 3.05) is 42.2 Å². The second kappa shape index (κ2) is 9.27. The third-order valence-electron chi connectivity index (χ3n) is 5.94. The van der Waals surface area contributed by atoms with E-state index in [0.717, 1.165) is 22.3 Å². The van der Waals surface area contributed by atoms with Gasteiger partial charge >= 0.3 is 0 Å². The molecule has 0 unspecified atom stereocenters. The number of hydrogen-bond acceptors (Lipinski definition) is 9. The van der Waals surface area contributed by atoms with Gasteiger partial charge in [0.25, 0.3) is 0 Å². The van der Waals surface area contributed by atoms with Crippen LogP contribution in [-0.4, -0.2) is 53.9 Å². The van der Waals surface area contributed by atoms with Crippen molar-refractivity contribution < 1.29 is 8.42 Å². The van der Waals surface area contributed by atoms with Crippen molar-refractivity contribution in [3.05, 3.63) is 65.8 Å². The number of aromatic nitrogens is 3. The summed E-state index contributed by atoms with van der Waals surface area (Å²) in [5.74, 6) is 6.97. The number of nitrogens with zero attached hydrogens (tertiary/aromatic N) is 5. The van der Waals surface area contributed by atoms with E-state index in [1.165, 1.54) is 16.4 Å². The van der Waals surface area contributed by atoms with E-state index in [1.54, 1.807) is 18.3 Å². The van der Waals surface area contributed by atoms with Crippen LogP contribution in [0.25, 0.3) is 22.0 Å². The first-order valence-electron chi connectivity index (χ1n) is 10.9. The van der Waals surface area contributed by atoms with E-state index in [0.29, 0.717) is 42.5 Å². The summed E-state index contributed by atoms with van der Waals surface area (Å²) in [7, 11) is -3.56. The Morgan fingerprint density at radius 3 is 2.29 bits per heavy atom. The van der Waals surface area contributed by atoms with Crippen molar-refractivity contribution in [3.63, 3.8) is 0 Å². The molecule has 1 aliphatic heterocycles. The van der Waals surface area contributed by atoms with E-state index in [9.17, 15) is 8.42 Å². The fraction of sp³-hybridized carbons (Fsp3) is 0.174. The number of fused-ring (bicyclic) bond motifs is 1. The molecule has 3 heterocycles. The standard InChI is InChI=1S/C23H23ClN8O2S/c24-17-3-5-18(6-4-17)35(33,34)32-11-9-31(10-12-32)21-8-2-16(14-27-21)15-1-7-20-19(13-15)22(30-26)29-23(25)28-20/h1-8,13-14H,9-12,26H2,(H3,25,28,29,30). The molecular weight excluding hydrogens is 488 g/mol. The van der Waals surface area contributed by atoms with E-state index < -0.39 is 10.0 Å². The van der Waals surface area contributed by atoms with E-state index in [4.69, 9.17) is 23.2 Å². The Morgan fingerprint density at radius 1 is 0.914 bits per heavy atom. The Morgan fingerprint density at radius 2 is 1.63 bits per heavy atom. The van der Waals surface area contributed by atoms with Crippen molar-refractivity contribution in [1.82, 2.24) is 19.3 Å². The van der Waals surface area contributed by atoms with Crippen LogP contribution < -0.4 is 21.9 Å². The first kappa shape index (κ1) is 23.2. The molecule has 1 fully saturated rings. The lowest BCUT2D eigenvalue weighted by Gasteiger charge is -2.34. The summed E-state index contributed by atoms with van der Waals surface area (Å²) in [5.41, 5.74) is 10.8. The van der Waals surface area contributed by atoms with E-state index >= 15 is 0 Å². The highest BCUT2D eigenvalue weighted by Crippen LogP contribution is 2.28. The first-order valence-corrected chi connectivity index (χ1v) is 12.7. The van der Waals surface area contributed by atoms with Crippen LogP contribution in [0.15, 0.2) is 65.7 Å². The van der Waals surface area contributed by atoms with Crippen molar-refractivity contribution >= 4 is 50.1 Å². The predicted molar refractivity (Wildman–Crippen MR) is 137 cm³/mol. The highest BCUT2D eigenvalue weighted by molar-refractivity contribution is 7.89. The zero-order chi connectivity index (χ0) is 24.6. The number of hydrazine groups is 1. The Balaban J connectivity index is 1.30. The molecule has 1 saturated heterocycles. The van der Waals surface area contributed by atoms with Crippen LogP contribution in [0.3, 0.4) is 0 Å². The SMILES string of the molecule is NNc1nc(N)nc2ccc(-c3ccc(N4CCN(S(=O)(=O)c5ccc(Cl)cc5)CC4)nc3)cc12. The summed E-state index contributed by atoms with van der Waals surface area (Å²) in [4.78, 5) is 15.3. The summed E-state index contributed by atoms with van der Waals surface area (Å²) in [6.07, 6.45) is 1.79. The number of nitrogens with two attached hydrogens (primary N) is 2. The van der Waals surface area contributed by atoms with Gasteiger partial charge in [-0.1, -0.05) is 17.7 Å². The first-order chi connectivity index (χ1) is 16.8. The molecule has 0 saturated carbocycles. The molecule has 5 rings (SSSR count). The third-order valence-corrected chi connectivity index (χ3v) is 8.11. The molecule has 0 radical (unpaired) electrons. The Kier molecular flexibility index (Phi) is 6.15. The number of nitrogen functional groups attached to an aromatic ring is 2. The summed E-state index contributed by atoms with van der Waals surface area (Å²) in [6, 6.07) is 15.9. The minimum absolute atomic E-state index is 0.144. The van der Waals surface area contributed by atoms with Crippen molar-refractivity contribution in [1.29, 1.82) is 0 Å². The van der Waals surface area contributed by atoms with Gasteiger partial charge in [0, 0.05) is 48.3 Å². The highest BCUT2D eigenvalue weighted by Gasteiger charge is 2.28. The Hall–Kier alpha value is -3.51. The van der Waals surface area contributed by atoms with Crippen LogP contribution in [0.5, 0.6) is 0 Å². The second-order valence-electron chi connectivity index (χ2n) is 8.06. The molecule has 0 amide bonds. The molecule has 0 spiro atoms. The number of pyridine rings is 1. The maximum absolute atomic E-state index is 12.9. The molecule has 35 heavy (non-hydrogen) atoms. The summed E-state index contributed by atoms with van der Waals surface area (Å²) >= 11 is 5.89. The number of halogens is 1. The number of benzene rings is 2. The zero-order valence-corrected chi connectivity index (χ0v) is 20.2. The summed E-state index contributed by atoms with van der Waals surface area (Å²) < 4.78 is 27.3. The molecule has 1 aliphatic rings. The van der Waals surface area contributed by atoms with Gasteiger partial charge in [-0.25, -0.2) is 24.2 Å². The van der Waals surface area contributed by atoms with Gasteiger partial charge in [0.1, 0.15) is 5.82 Å². The quantitative estimate of drug-likeness (QED) is 0.272. The van der Waals surface area contributed by atoms with Crippen molar-refractivity contribution in [3.8, 4) is 11.1 Å². The summed E-state index contributed by atoms with van der Waals surface area (Å²) in [6.45, 7) is 1.83. The Labute approximate surface area is 207 Å². The molecule has 2 aromatic carbocycles. The molecule has 0 atom stereocenters. The van der Waals surface area contributed by atoms with Crippen molar-refractivity contribution in [2.24, 2.45) is 5.84 Å². The number of sulfonamides is 1. The van der Waals surface area contributed by atoms with Crippen LogP contribution >= 0.6 is 11.6 Å². The lowest BCUT2D eigenvalue weighted by molar-refractivity contribution is 0.384. The minimum atomic E-state index is -3.56. The van der Waals surface area contributed by atoms with Gasteiger partial charge < -0.3 is 16.1 Å². The number of hydrogen-bond donors (Lipinski definition) is 3. The highest BCUT2D eigenvalue weighted by atomic mass is 35.5. The topological polar surface area (TPSA) is 143 Å². The predicted octanol–water partition coefficient (Wildman–Crippen LogP) is 2.72. The number of anilines is 3. The molecule has 0 bridgehead atoms. The van der Waals surface area contributed by atoms with Gasteiger partial charge in [0.2, 0.25) is 16.0 Å². The van der Waals surface area contributed by atoms with Gasteiger partial charge in [-0.05, 0) is 54.1 Å². The maximum atomic E-state index is 12.9. The van der Waals surface area contributed by atoms with Gasteiger partial charge in [-0.15, -0.1) is 0 Å². The van der Waals surface area contributed by atoms with Crippen LogP contribution in [0.4, 0.5) is 17.6 Å². The van der Waals surface area contributed by atoms with E-state index in [-0.39, 0.29) is 10.8 Å². The Bertz CT molecular complexity index is 1470.